The number of aromatic hydroxyl groups is 1. The molecule has 3 rings (SSSR count). The lowest BCUT2D eigenvalue weighted by atomic mass is 9.98. The number of benzene rings is 2. The first-order chi connectivity index (χ1) is 10.8. The molecule has 0 amide bonds. The predicted octanol–water partition coefficient (Wildman–Crippen LogP) is 3.35. The van der Waals surface area contributed by atoms with Crippen LogP contribution >= 0.6 is 0 Å². The topological polar surface area (TPSA) is 68.9 Å². The second-order valence-electron chi connectivity index (χ2n) is 5.32. The van der Waals surface area contributed by atoms with Gasteiger partial charge in [-0.1, -0.05) is 24.3 Å². The first-order valence-electron chi connectivity index (χ1n) is 7.36. The number of anilines is 1. The van der Waals surface area contributed by atoms with Gasteiger partial charge in [-0.2, -0.15) is 5.11 Å². The minimum atomic E-state index is -0.346. The summed E-state index contributed by atoms with van der Waals surface area (Å²) < 4.78 is 5.39. The number of nitrogens with one attached hydrogen (secondary N) is 1. The van der Waals surface area contributed by atoms with E-state index in [1.54, 1.807) is 24.3 Å². The molecule has 2 aromatic carbocycles. The maximum Gasteiger partial charge on any atom is 0.121 e. The maximum atomic E-state index is 9.40. The molecule has 0 aromatic heterocycles. The van der Waals surface area contributed by atoms with Gasteiger partial charge >= 0.3 is 0 Å². The number of phenols is 1. The fourth-order valence-corrected chi connectivity index (χ4v) is 2.71. The zero-order valence-electron chi connectivity index (χ0n) is 12.3. The van der Waals surface area contributed by atoms with E-state index in [2.05, 4.69) is 22.1 Å². The van der Waals surface area contributed by atoms with Crippen molar-refractivity contribution in [2.24, 2.45) is 5.11 Å². The number of hydrogen-bond donors (Lipinski definition) is 2. The van der Waals surface area contributed by atoms with Crippen molar-refractivity contribution in [2.45, 2.75) is 6.04 Å². The summed E-state index contributed by atoms with van der Waals surface area (Å²) in [7, 11) is 0. The number of nitrogens with zero attached hydrogens (tertiary/aromatic N) is 2. The van der Waals surface area contributed by atoms with E-state index in [4.69, 9.17) is 10.3 Å². The van der Waals surface area contributed by atoms with E-state index in [1.807, 2.05) is 12.1 Å². The number of rotatable bonds is 4. The zero-order chi connectivity index (χ0) is 15.4. The van der Waals surface area contributed by atoms with Crippen molar-refractivity contribution in [1.82, 2.24) is 0 Å². The number of hydrogen-bond acceptors (Lipinski definition) is 5. The van der Waals surface area contributed by atoms with Gasteiger partial charge in [-0.25, -0.2) is 5.53 Å². The smallest absolute Gasteiger partial charge is 0.121 e. The highest BCUT2D eigenvalue weighted by molar-refractivity contribution is 5.51. The molecule has 1 aliphatic heterocycles. The van der Waals surface area contributed by atoms with Gasteiger partial charge in [0.2, 0.25) is 0 Å². The molecule has 1 atom stereocenters. The van der Waals surface area contributed by atoms with Gasteiger partial charge in [0.15, 0.2) is 0 Å². The molecule has 22 heavy (non-hydrogen) atoms. The first-order valence-corrected chi connectivity index (χ1v) is 7.36. The molecular weight excluding hydrogens is 278 g/mol. The Balaban J connectivity index is 1.88. The van der Waals surface area contributed by atoms with E-state index >= 15 is 0 Å². The lowest BCUT2D eigenvalue weighted by molar-refractivity contribution is 0.122. The van der Waals surface area contributed by atoms with Gasteiger partial charge < -0.3 is 14.7 Å². The molecule has 0 radical (unpaired) electrons. The summed E-state index contributed by atoms with van der Waals surface area (Å²) in [6.07, 6.45) is 0. The molecule has 0 bridgehead atoms. The van der Waals surface area contributed by atoms with Gasteiger partial charge in [-0.15, -0.1) is 0 Å². The lowest BCUT2D eigenvalue weighted by Crippen LogP contribution is -2.36. The second-order valence-corrected chi connectivity index (χ2v) is 5.32. The van der Waals surface area contributed by atoms with Crippen LogP contribution in [0, 0.1) is 5.53 Å². The van der Waals surface area contributed by atoms with Crippen LogP contribution in [0.4, 0.5) is 5.69 Å². The molecule has 1 heterocycles. The Morgan fingerprint density at radius 3 is 2.45 bits per heavy atom. The average Bonchev–Trinajstić information content (AvgIpc) is 2.58. The number of phenolic OH excluding ortho intramolecular Hbond substituents is 1. The molecule has 5 nitrogen and oxygen atoms in total. The Morgan fingerprint density at radius 1 is 1.05 bits per heavy atom. The lowest BCUT2D eigenvalue weighted by Gasteiger charge is -2.29. The molecule has 0 spiro atoms. The van der Waals surface area contributed by atoms with E-state index in [9.17, 15) is 5.11 Å². The van der Waals surface area contributed by atoms with Crippen LogP contribution in [-0.2, 0) is 4.74 Å². The molecule has 2 aromatic rings. The highest BCUT2D eigenvalue weighted by Crippen LogP contribution is 2.30. The van der Waals surface area contributed by atoms with E-state index in [1.165, 1.54) is 0 Å². The van der Waals surface area contributed by atoms with Gasteiger partial charge in [0, 0.05) is 18.8 Å². The largest absolute Gasteiger partial charge is 0.508 e. The summed E-state index contributed by atoms with van der Waals surface area (Å²) >= 11 is 0. The van der Waals surface area contributed by atoms with Gasteiger partial charge in [-0.05, 0) is 35.4 Å². The van der Waals surface area contributed by atoms with E-state index in [0.29, 0.717) is 0 Å². The first kappa shape index (κ1) is 14.5. The molecular formula is C17H19N3O2. The van der Waals surface area contributed by atoms with E-state index in [-0.39, 0.29) is 11.8 Å². The maximum absolute atomic E-state index is 9.40. The van der Waals surface area contributed by atoms with Crippen molar-refractivity contribution >= 4 is 5.69 Å². The van der Waals surface area contributed by atoms with Gasteiger partial charge in [0.1, 0.15) is 11.8 Å². The van der Waals surface area contributed by atoms with E-state index < -0.39 is 0 Å². The Morgan fingerprint density at radius 2 is 1.77 bits per heavy atom. The van der Waals surface area contributed by atoms with Crippen LogP contribution in [0.15, 0.2) is 53.6 Å². The normalized spacial score (nSPS) is 16.3. The summed E-state index contributed by atoms with van der Waals surface area (Å²) in [5.74, 6) is 0.217. The van der Waals surface area contributed by atoms with Crippen LogP contribution < -0.4 is 4.90 Å². The summed E-state index contributed by atoms with van der Waals surface area (Å²) in [5.41, 5.74) is 10.5. The van der Waals surface area contributed by atoms with Crippen molar-refractivity contribution in [1.29, 1.82) is 5.53 Å². The fraction of sp³-hybridized carbons (Fsp3) is 0.294. The van der Waals surface area contributed by atoms with Crippen LogP contribution in [0.1, 0.15) is 17.2 Å². The molecule has 0 saturated carbocycles. The molecule has 1 aliphatic rings. The zero-order valence-corrected chi connectivity index (χ0v) is 12.3. The molecule has 1 fully saturated rings. The Labute approximate surface area is 129 Å². The monoisotopic (exact) mass is 297 g/mol. The number of morpholine rings is 1. The standard InChI is InChI=1S/C17H19N3O2/c18-19-17(13-4-6-16(21)7-5-13)14-2-1-3-15(12-14)20-8-10-22-11-9-20/h1-7,12,17-18,21H,8-11H2. The van der Waals surface area contributed by atoms with Crippen LogP contribution in [0.25, 0.3) is 0 Å². The summed E-state index contributed by atoms with van der Waals surface area (Å²) in [6.45, 7) is 3.25. The average molecular weight is 297 g/mol. The Kier molecular flexibility index (Phi) is 4.34. The van der Waals surface area contributed by atoms with Crippen LogP contribution in [-0.4, -0.2) is 31.4 Å². The third kappa shape index (κ3) is 3.09. The van der Waals surface area contributed by atoms with E-state index in [0.717, 1.165) is 43.1 Å². The Hall–Kier alpha value is -2.40. The van der Waals surface area contributed by atoms with Crippen molar-refractivity contribution in [2.75, 3.05) is 31.2 Å². The second kappa shape index (κ2) is 6.58. The fourth-order valence-electron chi connectivity index (χ4n) is 2.71. The van der Waals surface area contributed by atoms with Gasteiger partial charge in [-0.3, -0.25) is 0 Å². The number of ether oxygens (including phenoxy) is 1. The SMILES string of the molecule is N=NC(c1ccc(O)cc1)c1cccc(N2CCOCC2)c1. The van der Waals surface area contributed by atoms with Crippen LogP contribution in [0.5, 0.6) is 5.75 Å². The predicted molar refractivity (Wildman–Crippen MR) is 84.6 cm³/mol. The Bertz CT molecular complexity index is 637. The van der Waals surface area contributed by atoms with Crippen molar-refractivity contribution < 1.29 is 9.84 Å². The molecule has 5 heteroatoms. The molecule has 0 aliphatic carbocycles. The van der Waals surface area contributed by atoms with Gasteiger partial charge in [0.05, 0.1) is 13.2 Å². The van der Waals surface area contributed by atoms with Crippen molar-refractivity contribution in [3.05, 3.63) is 59.7 Å². The minimum Gasteiger partial charge on any atom is -0.508 e. The third-order valence-electron chi connectivity index (χ3n) is 3.90. The molecule has 2 N–H and O–H groups in total. The highest BCUT2D eigenvalue weighted by atomic mass is 16.5. The van der Waals surface area contributed by atoms with Crippen LogP contribution in [0.2, 0.25) is 0 Å². The summed E-state index contributed by atoms with van der Waals surface area (Å²) in [4.78, 5) is 2.28. The summed E-state index contributed by atoms with van der Waals surface area (Å²) in [5, 5.41) is 13.2. The molecule has 1 saturated heterocycles. The summed E-state index contributed by atoms with van der Waals surface area (Å²) in [6, 6.07) is 14.7. The quantitative estimate of drug-likeness (QED) is 0.850. The molecule has 1 unspecified atom stereocenters. The van der Waals surface area contributed by atoms with Crippen molar-refractivity contribution in [3.8, 4) is 5.75 Å². The highest BCUT2D eigenvalue weighted by Gasteiger charge is 2.16. The third-order valence-corrected chi connectivity index (χ3v) is 3.90. The van der Waals surface area contributed by atoms with Gasteiger partial charge in [0.25, 0.3) is 0 Å². The molecule has 114 valence electrons. The van der Waals surface area contributed by atoms with Crippen LogP contribution in [0.3, 0.4) is 0 Å². The van der Waals surface area contributed by atoms with Crippen molar-refractivity contribution in [3.63, 3.8) is 0 Å². The minimum absolute atomic E-state index is 0.217.